The predicted octanol–water partition coefficient (Wildman–Crippen LogP) is 2.60. The molecule has 2 N–H and O–H groups in total. The van der Waals surface area contributed by atoms with Crippen molar-refractivity contribution in [3.63, 3.8) is 0 Å². The Bertz CT molecular complexity index is 324. The Morgan fingerprint density at radius 1 is 1.25 bits per heavy atom. The summed E-state index contributed by atoms with van der Waals surface area (Å²) in [6.45, 7) is 7.11. The van der Waals surface area contributed by atoms with Gasteiger partial charge < -0.3 is 10.5 Å². The van der Waals surface area contributed by atoms with Crippen molar-refractivity contribution in [3.05, 3.63) is 34.9 Å². The summed E-state index contributed by atoms with van der Waals surface area (Å²) < 4.78 is 5.10. The zero-order valence-electron chi connectivity index (χ0n) is 10.8. The minimum atomic E-state index is -0.188. The molecule has 16 heavy (non-hydrogen) atoms. The van der Waals surface area contributed by atoms with Gasteiger partial charge in [-0.2, -0.15) is 0 Å². The molecule has 0 bridgehead atoms. The van der Waals surface area contributed by atoms with E-state index >= 15 is 0 Å². The van der Waals surface area contributed by atoms with Crippen LogP contribution in [0.5, 0.6) is 0 Å². The Balaban J connectivity index is 2.79. The molecule has 0 aliphatic rings. The highest BCUT2D eigenvalue weighted by atomic mass is 16.5. The van der Waals surface area contributed by atoms with Crippen molar-refractivity contribution in [2.75, 3.05) is 13.7 Å². The molecule has 0 aliphatic carbocycles. The van der Waals surface area contributed by atoms with E-state index in [1.54, 1.807) is 7.11 Å². The van der Waals surface area contributed by atoms with Crippen molar-refractivity contribution in [2.45, 2.75) is 39.2 Å². The maximum absolute atomic E-state index is 6.29. The fourth-order valence-electron chi connectivity index (χ4n) is 1.96. The Morgan fingerprint density at radius 2 is 1.81 bits per heavy atom. The molecule has 2 heteroatoms. The number of aryl methyl sites for hydroxylation is 2. The molecular weight excluding hydrogens is 198 g/mol. The summed E-state index contributed by atoms with van der Waals surface area (Å²) >= 11 is 0. The first-order valence-electron chi connectivity index (χ1n) is 5.79. The van der Waals surface area contributed by atoms with Gasteiger partial charge in [-0.25, -0.2) is 0 Å². The molecule has 1 unspecified atom stereocenters. The van der Waals surface area contributed by atoms with Crippen LogP contribution in [-0.4, -0.2) is 19.3 Å². The molecule has 0 aliphatic heterocycles. The van der Waals surface area contributed by atoms with E-state index in [1.807, 2.05) is 0 Å². The summed E-state index contributed by atoms with van der Waals surface area (Å²) in [5, 5.41) is 0. The lowest BCUT2D eigenvalue weighted by molar-refractivity contribution is 0.171. The molecule has 0 aromatic heterocycles. The lowest BCUT2D eigenvalue weighted by Gasteiger charge is -2.26. The van der Waals surface area contributed by atoms with Crippen molar-refractivity contribution >= 4 is 0 Å². The monoisotopic (exact) mass is 221 g/mol. The Labute approximate surface area is 98.8 Å². The zero-order valence-corrected chi connectivity index (χ0v) is 10.8. The van der Waals surface area contributed by atoms with Gasteiger partial charge >= 0.3 is 0 Å². The molecule has 1 atom stereocenters. The van der Waals surface area contributed by atoms with Crippen LogP contribution in [0.3, 0.4) is 0 Å². The van der Waals surface area contributed by atoms with Gasteiger partial charge in [-0.1, -0.05) is 18.2 Å². The van der Waals surface area contributed by atoms with Crippen LogP contribution in [0.1, 0.15) is 30.0 Å². The van der Waals surface area contributed by atoms with Crippen molar-refractivity contribution in [1.29, 1.82) is 0 Å². The molecule has 0 heterocycles. The topological polar surface area (TPSA) is 35.2 Å². The summed E-state index contributed by atoms with van der Waals surface area (Å²) in [6, 6.07) is 6.39. The first kappa shape index (κ1) is 13.2. The van der Waals surface area contributed by atoms with Crippen molar-refractivity contribution in [2.24, 2.45) is 5.73 Å². The van der Waals surface area contributed by atoms with Gasteiger partial charge in [0, 0.05) is 19.3 Å². The fraction of sp³-hybridized carbons (Fsp3) is 0.571. The highest BCUT2D eigenvalue weighted by molar-refractivity contribution is 5.34. The predicted molar refractivity (Wildman–Crippen MR) is 68.7 cm³/mol. The third-order valence-corrected chi connectivity index (χ3v) is 3.10. The number of nitrogens with two attached hydrogens (primary N) is 1. The van der Waals surface area contributed by atoms with Crippen LogP contribution in [0.4, 0.5) is 0 Å². The van der Waals surface area contributed by atoms with Gasteiger partial charge in [-0.15, -0.1) is 0 Å². The van der Waals surface area contributed by atoms with E-state index in [2.05, 4.69) is 39.0 Å². The molecule has 1 aromatic rings. The Kier molecular flexibility index (Phi) is 4.51. The largest absolute Gasteiger partial charge is 0.385 e. The quantitative estimate of drug-likeness (QED) is 0.829. The fourth-order valence-corrected chi connectivity index (χ4v) is 1.96. The maximum Gasteiger partial charge on any atom is 0.0479 e. The Hall–Kier alpha value is -0.860. The van der Waals surface area contributed by atoms with Gasteiger partial charge in [-0.05, 0) is 50.3 Å². The summed E-state index contributed by atoms with van der Waals surface area (Å²) in [4.78, 5) is 0. The SMILES string of the molecule is COCCC(C)(N)Cc1c(C)cccc1C. The molecular formula is C14H23NO. The van der Waals surface area contributed by atoms with E-state index in [9.17, 15) is 0 Å². The summed E-state index contributed by atoms with van der Waals surface area (Å²) in [6.07, 6.45) is 1.80. The van der Waals surface area contributed by atoms with Crippen LogP contribution in [0.2, 0.25) is 0 Å². The molecule has 0 spiro atoms. The molecule has 0 saturated carbocycles. The van der Waals surface area contributed by atoms with E-state index < -0.39 is 0 Å². The van der Waals surface area contributed by atoms with E-state index in [1.165, 1.54) is 16.7 Å². The molecule has 1 aromatic carbocycles. The number of benzene rings is 1. The summed E-state index contributed by atoms with van der Waals surface area (Å²) in [5.41, 5.74) is 10.1. The van der Waals surface area contributed by atoms with Crippen LogP contribution in [-0.2, 0) is 11.2 Å². The van der Waals surface area contributed by atoms with Crippen LogP contribution >= 0.6 is 0 Å². The van der Waals surface area contributed by atoms with E-state index in [-0.39, 0.29) is 5.54 Å². The van der Waals surface area contributed by atoms with Crippen LogP contribution < -0.4 is 5.73 Å². The van der Waals surface area contributed by atoms with Crippen molar-refractivity contribution in [3.8, 4) is 0 Å². The summed E-state index contributed by atoms with van der Waals surface area (Å²) in [5.74, 6) is 0. The Morgan fingerprint density at radius 3 is 2.31 bits per heavy atom. The smallest absolute Gasteiger partial charge is 0.0479 e. The van der Waals surface area contributed by atoms with Gasteiger partial charge in [0.05, 0.1) is 0 Å². The minimum Gasteiger partial charge on any atom is -0.385 e. The lowest BCUT2D eigenvalue weighted by Crippen LogP contribution is -2.40. The second-order valence-electron chi connectivity index (χ2n) is 4.94. The minimum absolute atomic E-state index is 0.188. The molecule has 1 rings (SSSR count). The van der Waals surface area contributed by atoms with Crippen molar-refractivity contribution < 1.29 is 4.74 Å². The van der Waals surface area contributed by atoms with Crippen LogP contribution in [0.25, 0.3) is 0 Å². The first-order chi connectivity index (χ1) is 7.46. The van der Waals surface area contributed by atoms with Gasteiger partial charge in [0.15, 0.2) is 0 Å². The second-order valence-corrected chi connectivity index (χ2v) is 4.94. The van der Waals surface area contributed by atoms with E-state index in [0.29, 0.717) is 0 Å². The number of hydrogen-bond acceptors (Lipinski definition) is 2. The van der Waals surface area contributed by atoms with Crippen LogP contribution in [0.15, 0.2) is 18.2 Å². The molecule has 2 nitrogen and oxygen atoms in total. The van der Waals surface area contributed by atoms with Crippen LogP contribution in [0, 0.1) is 13.8 Å². The molecule has 90 valence electrons. The average Bonchev–Trinajstić information content (AvgIpc) is 2.21. The highest BCUT2D eigenvalue weighted by Crippen LogP contribution is 2.20. The average molecular weight is 221 g/mol. The van der Waals surface area contributed by atoms with Gasteiger partial charge in [0.1, 0.15) is 0 Å². The standard InChI is InChI=1S/C14H23NO/c1-11-6-5-7-12(2)13(11)10-14(3,15)8-9-16-4/h5-7H,8-10,15H2,1-4H3. The number of methoxy groups -OCH3 is 1. The van der Waals surface area contributed by atoms with E-state index in [0.717, 1.165) is 19.4 Å². The number of hydrogen-bond donors (Lipinski definition) is 1. The third-order valence-electron chi connectivity index (χ3n) is 3.10. The molecule has 0 radical (unpaired) electrons. The lowest BCUT2D eigenvalue weighted by atomic mass is 9.87. The molecule has 0 amide bonds. The summed E-state index contributed by atoms with van der Waals surface area (Å²) in [7, 11) is 1.72. The van der Waals surface area contributed by atoms with E-state index in [4.69, 9.17) is 10.5 Å². The first-order valence-corrected chi connectivity index (χ1v) is 5.79. The van der Waals surface area contributed by atoms with Gasteiger partial charge in [-0.3, -0.25) is 0 Å². The molecule has 0 saturated heterocycles. The molecule has 0 fully saturated rings. The normalized spacial score (nSPS) is 14.8. The zero-order chi connectivity index (χ0) is 12.2. The van der Waals surface area contributed by atoms with Crippen molar-refractivity contribution in [1.82, 2.24) is 0 Å². The maximum atomic E-state index is 6.29. The third kappa shape index (κ3) is 3.62. The van der Waals surface area contributed by atoms with Gasteiger partial charge in [0.25, 0.3) is 0 Å². The second kappa shape index (κ2) is 5.46. The highest BCUT2D eigenvalue weighted by Gasteiger charge is 2.20. The van der Waals surface area contributed by atoms with Gasteiger partial charge in [0.2, 0.25) is 0 Å². The number of rotatable bonds is 5. The number of ether oxygens (including phenoxy) is 1.